The van der Waals surface area contributed by atoms with E-state index in [2.05, 4.69) is 0 Å². The average molecular weight is 549 g/mol. The number of rotatable bonds is 2. The van der Waals surface area contributed by atoms with Gasteiger partial charge in [0.05, 0.1) is 30.0 Å². The van der Waals surface area contributed by atoms with Crippen molar-refractivity contribution >= 4 is 12.3 Å². The monoisotopic (exact) mass is 548 g/mol. The molecule has 216 valence electrons. The van der Waals surface area contributed by atoms with Crippen molar-refractivity contribution in [2.75, 3.05) is 6.61 Å². The third-order valence-electron chi connectivity index (χ3n) is 12.1. The lowest BCUT2D eigenvalue weighted by Crippen LogP contribution is -2.71. The van der Waals surface area contributed by atoms with Crippen LogP contribution in [-0.2, 0) is 28.5 Å². The molecule has 7 aliphatic rings. The fourth-order valence-corrected chi connectivity index (χ4v) is 10.3. The van der Waals surface area contributed by atoms with Crippen molar-refractivity contribution in [3.63, 3.8) is 0 Å². The number of cyclic esters (lactones) is 1. The fraction of sp³-hybridized carbons (Fsp3) is 0.862. The van der Waals surface area contributed by atoms with Crippen LogP contribution < -0.4 is 0 Å². The van der Waals surface area contributed by atoms with E-state index in [9.17, 15) is 30.0 Å². The molecule has 10 heteroatoms. The standard InChI is InChI=1S/C29H40O10/c1-14-7-22(32)29(35)25(37-14)38-20-9-16-3-4-18-17(27(16,13-30)11-21(20)39-29)5-6-26(2)24(15-8-23(33)36-12-15)19(31)10-28(18,26)34/h8,13-14,16-22,24-25,31-32,34-35H,3-7,9-12H2,1-2H3/t14-,16-,17+,18-,19-,20-,21-,22-,24+,25+,26-,27-,28+,29+/m1/s1. The minimum atomic E-state index is -2.00. The summed E-state index contributed by atoms with van der Waals surface area (Å²) in [7, 11) is 0. The number of aliphatic hydroxyl groups excluding tert-OH is 2. The Balaban J connectivity index is 1.20. The van der Waals surface area contributed by atoms with Crippen molar-refractivity contribution in [2.24, 2.45) is 34.5 Å². The van der Waals surface area contributed by atoms with Gasteiger partial charge in [-0.2, -0.15) is 0 Å². The Morgan fingerprint density at radius 2 is 1.82 bits per heavy atom. The number of aldehydes is 1. The molecule has 6 fully saturated rings. The molecule has 0 unspecified atom stereocenters. The number of carbonyl (C=O) groups excluding carboxylic acids is 2. The Morgan fingerprint density at radius 1 is 1.03 bits per heavy atom. The van der Waals surface area contributed by atoms with Crippen LogP contribution in [0.3, 0.4) is 0 Å². The van der Waals surface area contributed by atoms with Gasteiger partial charge in [0, 0.05) is 35.7 Å². The Kier molecular flexibility index (Phi) is 5.82. The van der Waals surface area contributed by atoms with E-state index >= 15 is 0 Å². The zero-order chi connectivity index (χ0) is 27.5. The number of carbonyl (C=O) groups is 2. The SMILES string of the molecule is C[C@@H]1C[C@@H](O)[C@]2(O)O[C@@H]3C[C@@]4(C=O)[C@H](CC[C@@H]5[C@@H]4CC[C@]4(C)[C@@H](C6=CC(=O)OC6)[C@H](O)C[C@]54O)C[C@H]3O[C@@H]2O1. The molecule has 3 heterocycles. The van der Waals surface area contributed by atoms with E-state index in [-0.39, 0.29) is 55.3 Å². The summed E-state index contributed by atoms with van der Waals surface area (Å²) in [4.78, 5) is 25.0. The van der Waals surface area contributed by atoms with Crippen LogP contribution in [0.25, 0.3) is 0 Å². The van der Waals surface area contributed by atoms with Crippen molar-refractivity contribution in [3.8, 4) is 0 Å². The highest BCUT2D eigenvalue weighted by atomic mass is 16.8. The van der Waals surface area contributed by atoms with Crippen molar-refractivity contribution in [3.05, 3.63) is 11.6 Å². The van der Waals surface area contributed by atoms with Crippen LogP contribution in [0.5, 0.6) is 0 Å². The molecule has 3 aliphatic heterocycles. The first kappa shape index (κ1) is 26.5. The van der Waals surface area contributed by atoms with Gasteiger partial charge in [-0.1, -0.05) is 6.92 Å². The summed E-state index contributed by atoms with van der Waals surface area (Å²) < 4.78 is 23.4. The van der Waals surface area contributed by atoms with E-state index in [1.54, 1.807) is 0 Å². The summed E-state index contributed by atoms with van der Waals surface area (Å²) in [6, 6.07) is 0. The van der Waals surface area contributed by atoms with E-state index in [0.717, 1.165) is 24.7 Å². The van der Waals surface area contributed by atoms with Crippen LogP contribution in [0.15, 0.2) is 11.6 Å². The van der Waals surface area contributed by atoms with Gasteiger partial charge in [-0.05, 0) is 68.8 Å². The highest BCUT2D eigenvalue weighted by molar-refractivity contribution is 5.85. The van der Waals surface area contributed by atoms with Gasteiger partial charge in [0.1, 0.15) is 19.0 Å². The topological polar surface area (TPSA) is 152 Å². The minimum absolute atomic E-state index is 0.0249. The molecule has 0 aromatic rings. The van der Waals surface area contributed by atoms with Gasteiger partial charge in [-0.3, -0.25) is 0 Å². The van der Waals surface area contributed by atoms with Crippen molar-refractivity contribution in [2.45, 2.75) is 113 Å². The second-order valence-corrected chi connectivity index (χ2v) is 13.7. The average Bonchev–Trinajstić information content (AvgIpc) is 3.38. The molecule has 0 amide bonds. The summed E-state index contributed by atoms with van der Waals surface area (Å²) in [6.45, 7) is 3.97. The van der Waals surface area contributed by atoms with Crippen molar-refractivity contribution in [1.29, 1.82) is 0 Å². The summed E-state index contributed by atoms with van der Waals surface area (Å²) in [5, 5.41) is 45.6. The highest BCUT2D eigenvalue weighted by Crippen LogP contribution is 2.70. The molecule has 0 aromatic heterocycles. The predicted octanol–water partition coefficient (Wildman–Crippen LogP) is 0.971. The van der Waals surface area contributed by atoms with Crippen LogP contribution in [0.4, 0.5) is 0 Å². The zero-order valence-corrected chi connectivity index (χ0v) is 22.5. The number of esters is 1. The van der Waals surface area contributed by atoms with E-state index in [1.807, 2.05) is 13.8 Å². The van der Waals surface area contributed by atoms with Gasteiger partial charge in [-0.15, -0.1) is 0 Å². The summed E-state index contributed by atoms with van der Waals surface area (Å²) >= 11 is 0. The lowest BCUT2D eigenvalue weighted by Gasteiger charge is -2.64. The van der Waals surface area contributed by atoms with Gasteiger partial charge < -0.3 is 44.2 Å². The first-order valence-electron chi connectivity index (χ1n) is 14.6. The molecule has 0 spiro atoms. The van der Waals surface area contributed by atoms with E-state index in [1.165, 1.54) is 6.08 Å². The highest BCUT2D eigenvalue weighted by Gasteiger charge is 2.72. The minimum Gasteiger partial charge on any atom is -0.458 e. The Labute approximate surface area is 227 Å². The molecule has 0 aromatic carbocycles. The van der Waals surface area contributed by atoms with Crippen LogP contribution in [-0.4, -0.2) is 87.5 Å². The molecule has 2 saturated heterocycles. The molecule has 0 radical (unpaired) electrons. The van der Waals surface area contributed by atoms with Gasteiger partial charge in [0.15, 0.2) is 0 Å². The van der Waals surface area contributed by atoms with Crippen molar-refractivity contribution < 1.29 is 49.0 Å². The molecule has 14 atom stereocenters. The summed E-state index contributed by atoms with van der Waals surface area (Å²) in [5.74, 6) is -3.11. The quantitative estimate of drug-likeness (QED) is 0.223. The van der Waals surface area contributed by atoms with Gasteiger partial charge in [0.2, 0.25) is 12.1 Å². The second-order valence-electron chi connectivity index (χ2n) is 13.7. The van der Waals surface area contributed by atoms with Crippen LogP contribution in [0.1, 0.15) is 65.2 Å². The van der Waals surface area contributed by atoms with E-state index < -0.39 is 52.8 Å². The first-order valence-corrected chi connectivity index (χ1v) is 14.6. The molecule has 0 bridgehead atoms. The van der Waals surface area contributed by atoms with E-state index in [4.69, 9.17) is 18.9 Å². The fourth-order valence-electron chi connectivity index (χ4n) is 10.3. The molecule has 7 rings (SSSR count). The van der Waals surface area contributed by atoms with Gasteiger partial charge >= 0.3 is 5.97 Å². The van der Waals surface area contributed by atoms with Crippen LogP contribution >= 0.6 is 0 Å². The second kappa shape index (κ2) is 8.56. The Morgan fingerprint density at radius 3 is 2.54 bits per heavy atom. The molecule has 10 nitrogen and oxygen atoms in total. The maximum atomic E-state index is 13.1. The lowest BCUT2D eigenvalue weighted by atomic mass is 9.42. The number of aliphatic hydroxyl groups is 4. The number of hydrogen-bond acceptors (Lipinski definition) is 10. The van der Waals surface area contributed by atoms with Gasteiger partial charge in [-0.25, -0.2) is 4.79 Å². The molecule has 4 aliphatic carbocycles. The Hall–Kier alpha value is -1.40. The number of ether oxygens (including phenoxy) is 4. The summed E-state index contributed by atoms with van der Waals surface area (Å²) in [6.07, 6.45) is 2.23. The normalized spacial score (nSPS) is 58.2. The predicted molar refractivity (Wildman–Crippen MR) is 133 cm³/mol. The van der Waals surface area contributed by atoms with Gasteiger partial charge in [0.25, 0.3) is 0 Å². The maximum Gasteiger partial charge on any atom is 0.331 e. The first-order chi connectivity index (χ1) is 18.4. The maximum absolute atomic E-state index is 13.1. The molecule has 39 heavy (non-hydrogen) atoms. The smallest absolute Gasteiger partial charge is 0.331 e. The third-order valence-corrected chi connectivity index (χ3v) is 12.1. The molecule has 4 saturated carbocycles. The lowest BCUT2D eigenvalue weighted by molar-refractivity contribution is -0.457. The van der Waals surface area contributed by atoms with E-state index in [0.29, 0.717) is 25.7 Å². The number of hydrogen-bond donors (Lipinski definition) is 4. The van der Waals surface area contributed by atoms with Crippen LogP contribution in [0.2, 0.25) is 0 Å². The Bertz CT molecular complexity index is 1090. The molecular weight excluding hydrogens is 508 g/mol. The number of fused-ring (bicyclic) bond motifs is 7. The third kappa shape index (κ3) is 3.40. The summed E-state index contributed by atoms with van der Waals surface area (Å²) in [5.41, 5.74) is -1.91. The van der Waals surface area contributed by atoms with Crippen LogP contribution in [0, 0.1) is 34.5 Å². The zero-order valence-electron chi connectivity index (χ0n) is 22.5. The molecule has 4 N–H and O–H groups in total. The van der Waals surface area contributed by atoms with Crippen molar-refractivity contribution in [1.82, 2.24) is 0 Å². The largest absolute Gasteiger partial charge is 0.458 e. The molecular formula is C29H40O10.